The molecule has 0 heterocycles. The van der Waals surface area contributed by atoms with Gasteiger partial charge in [-0.1, -0.05) is 44.4 Å². The predicted octanol–water partition coefficient (Wildman–Crippen LogP) is 5.15. The third kappa shape index (κ3) is 6.58. The first-order valence-electron chi connectivity index (χ1n) is 7.22. The van der Waals surface area contributed by atoms with Gasteiger partial charge in [-0.3, -0.25) is 0 Å². The van der Waals surface area contributed by atoms with Crippen LogP contribution in [-0.4, -0.2) is 11.2 Å². The van der Waals surface area contributed by atoms with Gasteiger partial charge in [0, 0.05) is 16.8 Å². The van der Waals surface area contributed by atoms with Crippen molar-refractivity contribution in [3.63, 3.8) is 0 Å². The molecule has 1 unspecified atom stereocenters. The van der Waals surface area contributed by atoms with Crippen molar-refractivity contribution in [2.75, 3.05) is 5.32 Å². The molecule has 2 N–H and O–H groups in total. The minimum absolute atomic E-state index is 0.384. The van der Waals surface area contributed by atoms with E-state index in [9.17, 15) is 0 Å². The fraction of sp³-hybridized carbons (Fsp3) is 0.562. The van der Waals surface area contributed by atoms with Crippen molar-refractivity contribution in [1.82, 2.24) is 5.32 Å². The molecule has 0 saturated carbocycles. The zero-order chi connectivity index (χ0) is 15.1. The zero-order valence-corrected chi connectivity index (χ0v) is 14.4. The molecule has 0 radical (unpaired) electrons. The highest BCUT2D eigenvalue weighted by Crippen LogP contribution is 2.19. The summed E-state index contributed by atoms with van der Waals surface area (Å²) < 4.78 is 0. The predicted molar refractivity (Wildman–Crippen MR) is 93.7 cm³/mol. The van der Waals surface area contributed by atoms with Gasteiger partial charge in [-0.25, -0.2) is 0 Å². The molecule has 1 aromatic rings. The number of hydrogen-bond acceptors (Lipinski definition) is 1. The van der Waals surface area contributed by atoms with Crippen molar-refractivity contribution in [1.29, 1.82) is 0 Å². The Morgan fingerprint density at radius 1 is 1.25 bits per heavy atom. The van der Waals surface area contributed by atoms with Crippen LogP contribution >= 0.6 is 23.8 Å². The minimum atomic E-state index is 0.384. The summed E-state index contributed by atoms with van der Waals surface area (Å²) in [6, 6.07) is 6.25. The average molecular weight is 313 g/mol. The highest BCUT2D eigenvalue weighted by atomic mass is 35.5. The number of nitrogens with one attached hydrogen (secondary N) is 2. The van der Waals surface area contributed by atoms with E-state index in [1.54, 1.807) is 0 Å². The average Bonchev–Trinajstić information content (AvgIpc) is 2.33. The van der Waals surface area contributed by atoms with E-state index in [1.807, 2.05) is 25.1 Å². The van der Waals surface area contributed by atoms with E-state index in [2.05, 4.69) is 31.4 Å². The number of aryl methyl sites for hydroxylation is 1. The molecule has 1 rings (SSSR count). The second kappa shape index (κ2) is 8.48. The molecule has 0 aliphatic carbocycles. The molecule has 0 fully saturated rings. The van der Waals surface area contributed by atoms with Crippen LogP contribution in [0.1, 0.15) is 45.6 Å². The van der Waals surface area contributed by atoms with Gasteiger partial charge in [-0.15, -0.1) is 0 Å². The highest BCUT2D eigenvalue weighted by molar-refractivity contribution is 7.80. The lowest BCUT2D eigenvalue weighted by molar-refractivity contribution is 0.495. The fourth-order valence-corrected chi connectivity index (χ4v) is 2.47. The monoisotopic (exact) mass is 312 g/mol. The third-order valence-electron chi connectivity index (χ3n) is 3.23. The Kier molecular flexibility index (Phi) is 7.31. The lowest BCUT2D eigenvalue weighted by Crippen LogP contribution is -2.35. The van der Waals surface area contributed by atoms with Gasteiger partial charge in [-0.05, 0) is 56.1 Å². The van der Waals surface area contributed by atoms with Crippen molar-refractivity contribution >= 4 is 34.6 Å². The molecule has 0 aliphatic rings. The molecule has 1 aromatic carbocycles. The smallest absolute Gasteiger partial charge is 0.170 e. The van der Waals surface area contributed by atoms with Crippen LogP contribution in [0.2, 0.25) is 5.02 Å². The molecule has 0 bridgehead atoms. The van der Waals surface area contributed by atoms with Crippen LogP contribution in [0.5, 0.6) is 0 Å². The first-order valence-corrected chi connectivity index (χ1v) is 8.00. The molecule has 20 heavy (non-hydrogen) atoms. The normalized spacial score (nSPS) is 12.3. The molecular weight excluding hydrogens is 288 g/mol. The van der Waals surface area contributed by atoms with Crippen molar-refractivity contribution < 1.29 is 0 Å². The van der Waals surface area contributed by atoms with E-state index in [0.717, 1.165) is 28.6 Å². The number of thiocarbonyl (C=S) groups is 1. The summed E-state index contributed by atoms with van der Waals surface area (Å²) in [6.07, 6.45) is 3.62. The van der Waals surface area contributed by atoms with Gasteiger partial charge >= 0.3 is 0 Å². The van der Waals surface area contributed by atoms with Gasteiger partial charge in [0.1, 0.15) is 0 Å². The second-order valence-corrected chi connectivity index (χ2v) is 6.60. The van der Waals surface area contributed by atoms with Gasteiger partial charge in [-0.2, -0.15) is 0 Å². The molecule has 0 amide bonds. The summed E-state index contributed by atoms with van der Waals surface area (Å²) in [5.74, 6) is 0.766. The van der Waals surface area contributed by atoms with Crippen LogP contribution in [0.3, 0.4) is 0 Å². The van der Waals surface area contributed by atoms with Gasteiger partial charge in [0.05, 0.1) is 0 Å². The molecule has 1 atom stereocenters. The summed E-state index contributed by atoms with van der Waals surface area (Å²) in [7, 11) is 0. The minimum Gasteiger partial charge on any atom is -0.360 e. The lowest BCUT2D eigenvalue weighted by Gasteiger charge is -2.17. The Labute approximate surface area is 133 Å². The van der Waals surface area contributed by atoms with E-state index >= 15 is 0 Å². The molecule has 0 saturated heterocycles. The largest absolute Gasteiger partial charge is 0.360 e. The Morgan fingerprint density at radius 2 is 1.95 bits per heavy atom. The van der Waals surface area contributed by atoms with Crippen LogP contribution in [0, 0.1) is 12.8 Å². The van der Waals surface area contributed by atoms with Crippen LogP contribution in [0.15, 0.2) is 18.2 Å². The summed E-state index contributed by atoms with van der Waals surface area (Å²) in [4.78, 5) is 0. The first-order chi connectivity index (χ1) is 9.38. The number of anilines is 1. The Bertz CT molecular complexity index is 446. The summed E-state index contributed by atoms with van der Waals surface area (Å²) in [5.41, 5.74) is 1.99. The number of halogens is 1. The van der Waals surface area contributed by atoms with E-state index in [-0.39, 0.29) is 0 Å². The van der Waals surface area contributed by atoms with E-state index < -0.39 is 0 Å². The highest BCUT2D eigenvalue weighted by Gasteiger charge is 2.06. The van der Waals surface area contributed by atoms with E-state index in [1.165, 1.54) is 12.8 Å². The molecule has 4 heteroatoms. The first kappa shape index (κ1) is 17.3. The maximum absolute atomic E-state index is 6.10. The zero-order valence-electron chi connectivity index (χ0n) is 12.8. The Morgan fingerprint density at radius 3 is 2.55 bits per heavy atom. The van der Waals surface area contributed by atoms with Crippen molar-refractivity contribution in [2.24, 2.45) is 5.92 Å². The maximum Gasteiger partial charge on any atom is 0.170 e. The van der Waals surface area contributed by atoms with Crippen LogP contribution in [0.25, 0.3) is 0 Å². The lowest BCUT2D eigenvalue weighted by atomic mass is 10.0. The summed E-state index contributed by atoms with van der Waals surface area (Å²) >= 11 is 11.4. The van der Waals surface area contributed by atoms with E-state index in [4.69, 9.17) is 23.8 Å². The SMILES string of the molecule is Cc1ccc(NC(=S)NC(C)CCCC(C)C)cc1Cl. The van der Waals surface area contributed by atoms with Crippen molar-refractivity contribution in [3.05, 3.63) is 28.8 Å². The van der Waals surface area contributed by atoms with Crippen molar-refractivity contribution in [3.8, 4) is 0 Å². The number of benzene rings is 1. The number of rotatable bonds is 6. The number of hydrogen-bond donors (Lipinski definition) is 2. The molecule has 0 spiro atoms. The van der Waals surface area contributed by atoms with Gasteiger partial charge in [0.25, 0.3) is 0 Å². The van der Waals surface area contributed by atoms with Gasteiger partial charge < -0.3 is 10.6 Å². The Hall–Kier alpha value is -0.800. The van der Waals surface area contributed by atoms with Crippen LogP contribution in [-0.2, 0) is 0 Å². The summed E-state index contributed by atoms with van der Waals surface area (Å²) in [6.45, 7) is 8.66. The van der Waals surface area contributed by atoms with Gasteiger partial charge in [0.15, 0.2) is 5.11 Å². The van der Waals surface area contributed by atoms with Crippen LogP contribution in [0.4, 0.5) is 5.69 Å². The quantitative estimate of drug-likeness (QED) is 0.710. The third-order valence-corrected chi connectivity index (χ3v) is 3.85. The van der Waals surface area contributed by atoms with Gasteiger partial charge in [0.2, 0.25) is 0 Å². The molecule has 2 nitrogen and oxygen atoms in total. The molecular formula is C16H25ClN2S. The maximum atomic E-state index is 6.10. The standard InChI is InChI=1S/C16H25ClN2S/c1-11(2)6-5-7-13(4)18-16(20)19-14-9-8-12(3)15(17)10-14/h8-11,13H,5-7H2,1-4H3,(H2,18,19,20). The molecule has 112 valence electrons. The molecule has 0 aliphatic heterocycles. The van der Waals surface area contributed by atoms with Crippen molar-refractivity contribution in [2.45, 2.75) is 53.0 Å². The van der Waals surface area contributed by atoms with Crippen LogP contribution < -0.4 is 10.6 Å². The molecule has 0 aromatic heterocycles. The summed E-state index contributed by atoms with van der Waals surface area (Å²) in [5, 5.41) is 7.90. The van der Waals surface area contributed by atoms with E-state index in [0.29, 0.717) is 11.2 Å². The second-order valence-electron chi connectivity index (χ2n) is 5.79. The topological polar surface area (TPSA) is 24.1 Å². The Balaban J connectivity index is 2.37. The fourth-order valence-electron chi connectivity index (χ4n) is 1.97.